The first kappa shape index (κ1) is 28.3. The molecule has 4 atom stereocenters. The highest BCUT2D eigenvalue weighted by molar-refractivity contribution is 6.31. The number of fused-ring (bicyclic) bond motifs is 1. The number of aromatic nitrogens is 3. The summed E-state index contributed by atoms with van der Waals surface area (Å²) in [6.07, 6.45) is -1.30. The maximum atomic E-state index is 14.1. The van der Waals surface area contributed by atoms with Gasteiger partial charge in [0.25, 0.3) is 6.43 Å². The van der Waals surface area contributed by atoms with E-state index in [-0.39, 0.29) is 48.0 Å². The van der Waals surface area contributed by atoms with Gasteiger partial charge in [0.1, 0.15) is 29.9 Å². The number of aliphatic carboxylic acids is 1. The molecule has 216 valence electrons. The molecule has 2 aromatic rings. The molecule has 2 fully saturated rings. The highest BCUT2D eigenvalue weighted by Crippen LogP contribution is 2.49. The summed E-state index contributed by atoms with van der Waals surface area (Å²) in [4.78, 5) is 42.9. The van der Waals surface area contributed by atoms with Gasteiger partial charge >= 0.3 is 5.97 Å². The van der Waals surface area contributed by atoms with Crippen LogP contribution >= 0.6 is 11.6 Å². The minimum absolute atomic E-state index is 0.0319. The Bertz CT molecular complexity index is 1350. The number of likely N-dealkylation sites (tertiary alicyclic amines) is 1. The number of carboxylic acids is 1. The molecular weight excluding hydrogens is 548 g/mol. The van der Waals surface area contributed by atoms with Crippen molar-refractivity contribution in [2.24, 2.45) is 24.3 Å². The van der Waals surface area contributed by atoms with Crippen LogP contribution in [0.3, 0.4) is 0 Å². The van der Waals surface area contributed by atoms with Crippen molar-refractivity contribution in [3.63, 3.8) is 0 Å². The summed E-state index contributed by atoms with van der Waals surface area (Å²) in [5.41, 5.74) is -0.409. The van der Waals surface area contributed by atoms with Crippen LogP contribution in [0.15, 0.2) is 12.1 Å². The fraction of sp³-hybridized carbons (Fsp3) is 0.593. The fourth-order valence-corrected chi connectivity index (χ4v) is 6.64. The first-order valence-electron chi connectivity index (χ1n) is 13.4. The number of halogens is 3. The van der Waals surface area contributed by atoms with Crippen LogP contribution in [0.2, 0.25) is 5.02 Å². The van der Waals surface area contributed by atoms with Gasteiger partial charge in [-0.2, -0.15) is 0 Å². The molecule has 1 aliphatic carbocycles. The van der Waals surface area contributed by atoms with Gasteiger partial charge < -0.3 is 19.6 Å². The van der Waals surface area contributed by atoms with Crippen LogP contribution in [-0.4, -0.2) is 60.8 Å². The molecule has 1 N–H and O–H groups in total. The Balaban J connectivity index is 1.57. The second kappa shape index (κ2) is 10.6. The predicted octanol–water partition coefficient (Wildman–Crippen LogP) is 4.13. The first-order chi connectivity index (χ1) is 19.0. The van der Waals surface area contributed by atoms with E-state index in [0.29, 0.717) is 54.8 Å². The molecule has 2 aliphatic heterocycles. The van der Waals surface area contributed by atoms with E-state index in [1.54, 1.807) is 28.9 Å². The van der Waals surface area contributed by atoms with E-state index in [2.05, 4.69) is 10.3 Å². The molecular formula is C27H32ClF2N5O5. The van der Waals surface area contributed by atoms with Crippen LogP contribution < -0.4 is 4.74 Å². The number of ether oxygens (including phenoxy) is 1. The molecule has 0 radical (unpaired) electrons. The monoisotopic (exact) mass is 579 g/mol. The Labute approximate surface area is 235 Å². The highest BCUT2D eigenvalue weighted by atomic mass is 35.5. The molecule has 40 heavy (non-hydrogen) atoms. The summed E-state index contributed by atoms with van der Waals surface area (Å²) < 4.78 is 34.3. The standard InChI is InChI=1S/C27H32ClF2N5O5/c1-14-8-11-34(24(14)36)23-20-15(9-12-35(23)25(37)16-5-4-10-27(16,2)26(38)39)17(28)6-7-19(20)40-13-18-21(22(29)30)33(3)32-31-18/h6-7,14,16,22-23H,4-5,8-13H2,1-3H3,(H,38,39)/t14-,16+,23?,27+/m1/s1. The van der Waals surface area contributed by atoms with Gasteiger partial charge in [0.15, 0.2) is 0 Å². The van der Waals surface area contributed by atoms with E-state index in [1.165, 1.54) is 7.05 Å². The van der Waals surface area contributed by atoms with Crippen molar-refractivity contribution in [3.8, 4) is 5.75 Å². The van der Waals surface area contributed by atoms with Crippen LogP contribution in [0.25, 0.3) is 0 Å². The summed E-state index contributed by atoms with van der Waals surface area (Å²) in [6.45, 7) is 3.75. The first-order valence-corrected chi connectivity index (χ1v) is 13.8. The minimum atomic E-state index is -2.81. The molecule has 3 heterocycles. The fourth-order valence-electron chi connectivity index (χ4n) is 6.38. The number of hydrogen-bond acceptors (Lipinski definition) is 6. The molecule has 13 heteroatoms. The number of carboxylic acid groups (broad SMARTS) is 1. The Morgan fingerprint density at radius 2 is 2.02 bits per heavy atom. The largest absolute Gasteiger partial charge is 0.487 e. The number of aryl methyl sites for hydroxylation is 1. The zero-order chi connectivity index (χ0) is 28.9. The summed E-state index contributed by atoms with van der Waals surface area (Å²) in [6, 6.07) is 3.24. The summed E-state index contributed by atoms with van der Waals surface area (Å²) in [7, 11) is 1.37. The Morgan fingerprint density at radius 3 is 2.67 bits per heavy atom. The van der Waals surface area contributed by atoms with Crippen molar-refractivity contribution < 1.29 is 33.0 Å². The number of amides is 2. The maximum absolute atomic E-state index is 14.1. The second-order valence-corrected chi connectivity index (χ2v) is 11.5. The van der Waals surface area contributed by atoms with E-state index in [1.807, 2.05) is 6.92 Å². The topological polar surface area (TPSA) is 118 Å². The molecule has 5 rings (SSSR count). The van der Waals surface area contributed by atoms with Crippen molar-refractivity contribution in [2.45, 2.75) is 65.1 Å². The third kappa shape index (κ3) is 4.59. The van der Waals surface area contributed by atoms with Gasteiger partial charge in [0.05, 0.1) is 11.3 Å². The zero-order valence-electron chi connectivity index (χ0n) is 22.6. The van der Waals surface area contributed by atoms with Crippen molar-refractivity contribution in [2.75, 3.05) is 13.1 Å². The molecule has 0 bridgehead atoms. The Morgan fingerprint density at radius 1 is 1.27 bits per heavy atom. The van der Waals surface area contributed by atoms with Crippen molar-refractivity contribution in [1.29, 1.82) is 0 Å². The van der Waals surface area contributed by atoms with Crippen LogP contribution in [0, 0.1) is 17.3 Å². The lowest BCUT2D eigenvalue weighted by Gasteiger charge is -2.45. The lowest BCUT2D eigenvalue weighted by Crippen LogP contribution is -2.53. The highest BCUT2D eigenvalue weighted by Gasteiger charge is 2.53. The summed E-state index contributed by atoms with van der Waals surface area (Å²) in [5, 5.41) is 17.9. The lowest BCUT2D eigenvalue weighted by atomic mass is 9.78. The Hall–Kier alpha value is -3.28. The summed E-state index contributed by atoms with van der Waals surface area (Å²) in [5.74, 6) is -2.20. The van der Waals surface area contributed by atoms with E-state index in [0.717, 1.165) is 4.68 Å². The van der Waals surface area contributed by atoms with E-state index >= 15 is 0 Å². The van der Waals surface area contributed by atoms with Crippen molar-refractivity contribution in [3.05, 3.63) is 39.7 Å². The normalized spacial score (nSPS) is 26.5. The van der Waals surface area contributed by atoms with Crippen LogP contribution in [0.5, 0.6) is 5.75 Å². The average molecular weight is 580 g/mol. The van der Waals surface area contributed by atoms with Crippen LogP contribution in [-0.2, 0) is 34.5 Å². The molecule has 1 unspecified atom stereocenters. The number of carbonyl (C=O) groups excluding carboxylic acids is 2. The number of nitrogens with zero attached hydrogens (tertiary/aromatic N) is 5. The average Bonchev–Trinajstić information content (AvgIpc) is 3.59. The maximum Gasteiger partial charge on any atom is 0.310 e. The Kier molecular flexibility index (Phi) is 7.49. The molecule has 10 nitrogen and oxygen atoms in total. The van der Waals surface area contributed by atoms with Gasteiger partial charge in [0.2, 0.25) is 11.8 Å². The van der Waals surface area contributed by atoms with Gasteiger partial charge in [-0.05, 0) is 50.3 Å². The molecule has 3 aliphatic rings. The van der Waals surface area contributed by atoms with Gasteiger partial charge in [0, 0.05) is 36.6 Å². The summed E-state index contributed by atoms with van der Waals surface area (Å²) >= 11 is 6.61. The predicted molar refractivity (Wildman–Crippen MR) is 138 cm³/mol. The van der Waals surface area contributed by atoms with Gasteiger partial charge in [-0.1, -0.05) is 30.2 Å². The SMILES string of the molecule is C[C@@H]1CCN(C2c3c(OCc4nnn(C)c4C(F)F)ccc(Cl)c3CCN2C(=O)[C@@H]2CCC[C@]2(C)C(=O)O)C1=O. The van der Waals surface area contributed by atoms with Gasteiger partial charge in [-0.25, -0.2) is 13.5 Å². The van der Waals surface area contributed by atoms with Crippen LogP contribution in [0.1, 0.15) is 74.6 Å². The molecule has 1 saturated carbocycles. The molecule has 0 spiro atoms. The molecule has 2 amide bonds. The van der Waals surface area contributed by atoms with E-state index < -0.39 is 29.9 Å². The molecule has 1 aromatic heterocycles. The number of hydrogen-bond donors (Lipinski definition) is 1. The smallest absolute Gasteiger partial charge is 0.310 e. The number of alkyl halides is 2. The lowest BCUT2D eigenvalue weighted by molar-refractivity contribution is -0.161. The van der Waals surface area contributed by atoms with Crippen molar-refractivity contribution >= 4 is 29.4 Å². The second-order valence-electron chi connectivity index (χ2n) is 11.1. The molecule has 1 aromatic carbocycles. The third-order valence-electron chi connectivity index (χ3n) is 8.76. The van der Waals surface area contributed by atoms with E-state index in [4.69, 9.17) is 16.3 Å². The van der Waals surface area contributed by atoms with E-state index in [9.17, 15) is 28.3 Å². The minimum Gasteiger partial charge on any atom is -0.487 e. The number of carbonyl (C=O) groups is 3. The van der Waals surface area contributed by atoms with Gasteiger partial charge in [-0.3, -0.25) is 14.4 Å². The quantitative estimate of drug-likeness (QED) is 0.524. The third-order valence-corrected chi connectivity index (χ3v) is 9.12. The van der Waals surface area contributed by atoms with Crippen molar-refractivity contribution in [1.82, 2.24) is 24.8 Å². The number of benzene rings is 1. The zero-order valence-corrected chi connectivity index (χ0v) is 23.3. The molecule has 1 saturated heterocycles. The number of rotatable bonds is 7. The van der Waals surface area contributed by atoms with Crippen LogP contribution in [0.4, 0.5) is 8.78 Å². The van der Waals surface area contributed by atoms with Gasteiger partial charge in [-0.15, -0.1) is 5.10 Å².